The number of Topliss-reactive ketones (excluding diaryl/α,β-unsaturated/α-hetero) is 1. The van der Waals surface area contributed by atoms with Crippen molar-refractivity contribution in [1.82, 2.24) is 4.90 Å². The molecule has 6 heteroatoms. The summed E-state index contributed by atoms with van der Waals surface area (Å²) in [6.07, 6.45) is 7.16. The van der Waals surface area contributed by atoms with E-state index in [4.69, 9.17) is 4.74 Å². The van der Waals surface area contributed by atoms with Gasteiger partial charge in [0.05, 0.1) is 11.5 Å². The molecule has 0 saturated carbocycles. The van der Waals surface area contributed by atoms with Crippen LogP contribution < -0.4 is 4.74 Å². The topological polar surface area (TPSA) is 72.7 Å². The Morgan fingerprint density at radius 1 is 1.00 bits per heavy atom. The van der Waals surface area contributed by atoms with Gasteiger partial charge in [-0.25, -0.2) is 0 Å². The predicted molar refractivity (Wildman–Crippen MR) is 92.4 cm³/mol. The molecule has 0 radical (unpaired) electrons. The number of benzene rings is 1. The Morgan fingerprint density at radius 3 is 2.29 bits per heavy atom. The largest absolute Gasteiger partial charge is 0.494 e. The molecule has 6 nitrogen and oxygen atoms in total. The van der Waals surface area contributed by atoms with E-state index in [9.17, 15) is 14.9 Å². The van der Waals surface area contributed by atoms with Crippen molar-refractivity contribution in [3.63, 3.8) is 0 Å². The van der Waals surface area contributed by atoms with E-state index in [0.29, 0.717) is 18.1 Å². The number of unbranched alkanes of at least 4 members (excludes halogenated alkanes) is 4. The molecular formula is C18H26N2O4. The van der Waals surface area contributed by atoms with Crippen molar-refractivity contribution in [2.45, 2.75) is 44.9 Å². The lowest BCUT2D eigenvalue weighted by Crippen LogP contribution is -2.34. The molecular weight excluding hydrogens is 308 g/mol. The van der Waals surface area contributed by atoms with Crippen LogP contribution in [0, 0.1) is 10.1 Å². The Balaban J connectivity index is 1.45. The smallest absolute Gasteiger partial charge is 0.269 e. The third-order valence-electron chi connectivity index (χ3n) is 4.35. The monoisotopic (exact) mass is 334 g/mol. The SMILES string of the molecule is O=C1CCN(CCCCCCCOc2ccc([N+](=O)[O-])cc2)CC1. The number of piperidine rings is 1. The molecule has 1 saturated heterocycles. The van der Waals surface area contributed by atoms with Gasteiger partial charge >= 0.3 is 0 Å². The summed E-state index contributed by atoms with van der Waals surface area (Å²) < 4.78 is 5.59. The number of hydrogen-bond donors (Lipinski definition) is 0. The summed E-state index contributed by atoms with van der Waals surface area (Å²) in [5.74, 6) is 1.08. The molecule has 2 rings (SSSR count). The van der Waals surface area contributed by atoms with E-state index in [2.05, 4.69) is 4.90 Å². The van der Waals surface area contributed by atoms with E-state index in [0.717, 1.165) is 45.3 Å². The average molecular weight is 334 g/mol. The maximum absolute atomic E-state index is 11.2. The molecule has 1 aliphatic rings. The fourth-order valence-electron chi connectivity index (χ4n) is 2.85. The molecule has 0 aliphatic carbocycles. The number of hydrogen-bond acceptors (Lipinski definition) is 5. The number of carbonyl (C=O) groups is 1. The fraction of sp³-hybridized carbons (Fsp3) is 0.611. The Bertz CT molecular complexity index is 520. The molecule has 1 aromatic carbocycles. The molecule has 0 unspecified atom stereocenters. The van der Waals surface area contributed by atoms with Crippen molar-refractivity contribution in [3.8, 4) is 5.75 Å². The Hall–Kier alpha value is -1.95. The zero-order chi connectivity index (χ0) is 17.2. The van der Waals surface area contributed by atoms with Crippen LogP contribution in [0.3, 0.4) is 0 Å². The van der Waals surface area contributed by atoms with Crippen LogP contribution >= 0.6 is 0 Å². The Labute approximate surface area is 142 Å². The van der Waals surface area contributed by atoms with Gasteiger partial charge in [0.1, 0.15) is 11.5 Å². The van der Waals surface area contributed by atoms with Crippen LogP contribution in [0.1, 0.15) is 44.9 Å². The van der Waals surface area contributed by atoms with Gasteiger partial charge in [0.15, 0.2) is 0 Å². The predicted octanol–water partition coefficient (Wildman–Crippen LogP) is 3.59. The van der Waals surface area contributed by atoms with E-state index >= 15 is 0 Å². The number of non-ortho nitro benzene ring substituents is 1. The summed E-state index contributed by atoms with van der Waals surface area (Å²) in [5.41, 5.74) is 0.0837. The van der Waals surface area contributed by atoms with E-state index in [1.807, 2.05) is 0 Å². The zero-order valence-corrected chi connectivity index (χ0v) is 14.1. The van der Waals surface area contributed by atoms with Crippen LogP contribution in [0.4, 0.5) is 5.69 Å². The van der Waals surface area contributed by atoms with Crippen molar-refractivity contribution in [1.29, 1.82) is 0 Å². The number of rotatable bonds is 10. The minimum Gasteiger partial charge on any atom is -0.494 e. The van der Waals surface area contributed by atoms with Gasteiger partial charge in [-0.05, 0) is 31.5 Å². The molecule has 1 fully saturated rings. The molecule has 24 heavy (non-hydrogen) atoms. The lowest BCUT2D eigenvalue weighted by molar-refractivity contribution is -0.384. The van der Waals surface area contributed by atoms with Crippen molar-refractivity contribution in [2.24, 2.45) is 0 Å². The number of ether oxygens (including phenoxy) is 1. The third kappa shape index (κ3) is 6.66. The standard InChI is InChI=1S/C18H26N2O4/c21-17-10-13-19(14-11-17)12-4-2-1-3-5-15-24-18-8-6-16(7-9-18)20(22)23/h6-9H,1-5,10-15H2. The van der Waals surface area contributed by atoms with E-state index in [-0.39, 0.29) is 5.69 Å². The van der Waals surface area contributed by atoms with Crippen LogP contribution in [-0.4, -0.2) is 41.8 Å². The van der Waals surface area contributed by atoms with Crippen molar-refractivity contribution in [3.05, 3.63) is 34.4 Å². The highest BCUT2D eigenvalue weighted by Gasteiger charge is 2.14. The van der Waals surface area contributed by atoms with Gasteiger partial charge in [-0.3, -0.25) is 14.9 Å². The first kappa shape index (κ1) is 18.4. The van der Waals surface area contributed by atoms with Crippen LogP contribution in [-0.2, 0) is 4.79 Å². The molecule has 1 aliphatic heterocycles. The van der Waals surface area contributed by atoms with Gasteiger partial charge < -0.3 is 9.64 Å². The normalized spacial score (nSPS) is 15.4. The highest BCUT2D eigenvalue weighted by Crippen LogP contribution is 2.17. The lowest BCUT2D eigenvalue weighted by atomic mass is 10.1. The lowest BCUT2D eigenvalue weighted by Gasteiger charge is -2.25. The molecule has 132 valence electrons. The second kappa shape index (κ2) is 10.0. The maximum atomic E-state index is 11.2. The summed E-state index contributed by atoms with van der Waals surface area (Å²) in [5, 5.41) is 10.6. The van der Waals surface area contributed by atoms with Gasteiger partial charge in [0, 0.05) is 38.1 Å². The second-order valence-corrected chi connectivity index (χ2v) is 6.25. The molecule has 1 heterocycles. The minimum absolute atomic E-state index is 0.0837. The molecule has 0 aromatic heterocycles. The maximum Gasteiger partial charge on any atom is 0.269 e. The Kier molecular flexibility index (Phi) is 7.68. The third-order valence-corrected chi connectivity index (χ3v) is 4.35. The first-order valence-electron chi connectivity index (χ1n) is 8.76. The molecule has 0 atom stereocenters. The summed E-state index contributed by atoms with van der Waals surface area (Å²) in [6, 6.07) is 6.20. The average Bonchev–Trinajstić information content (AvgIpc) is 2.59. The van der Waals surface area contributed by atoms with E-state index in [1.165, 1.54) is 31.4 Å². The van der Waals surface area contributed by atoms with Crippen molar-refractivity contribution >= 4 is 11.5 Å². The highest BCUT2D eigenvalue weighted by molar-refractivity contribution is 5.79. The van der Waals surface area contributed by atoms with E-state index < -0.39 is 4.92 Å². The number of likely N-dealkylation sites (tertiary alicyclic amines) is 1. The van der Waals surface area contributed by atoms with Gasteiger partial charge in [-0.2, -0.15) is 0 Å². The van der Waals surface area contributed by atoms with Crippen molar-refractivity contribution < 1.29 is 14.5 Å². The van der Waals surface area contributed by atoms with Crippen LogP contribution in [0.2, 0.25) is 0 Å². The minimum atomic E-state index is -0.411. The highest BCUT2D eigenvalue weighted by atomic mass is 16.6. The zero-order valence-electron chi connectivity index (χ0n) is 14.1. The number of carbonyl (C=O) groups excluding carboxylic acids is 1. The van der Waals surface area contributed by atoms with Crippen LogP contribution in [0.15, 0.2) is 24.3 Å². The summed E-state index contributed by atoms with van der Waals surface area (Å²) >= 11 is 0. The molecule has 0 bridgehead atoms. The Morgan fingerprint density at radius 2 is 1.62 bits per heavy atom. The van der Waals surface area contributed by atoms with Crippen molar-refractivity contribution in [2.75, 3.05) is 26.2 Å². The van der Waals surface area contributed by atoms with E-state index in [1.54, 1.807) is 12.1 Å². The van der Waals surface area contributed by atoms with Gasteiger partial charge in [0.25, 0.3) is 5.69 Å². The second-order valence-electron chi connectivity index (χ2n) is 6.25. The molecule has 1 aromatic rings. The quantitative estimate of drug-likeness (QED) is 0.371. The fourth-order valence-corrected chi connectivity index (χ4v) is 2.85. The molecule has 0 amide bonds. The van der Waals surface area contributed by atoms with Gasteiger partial charge in [-0.1, -0.05) is 19.3 Å². The summed E-state index contributed by atoms with van der Waals surface area (Å²) in [4.78, 5) is 23.7. The number of nitro groups is 1. The first-order valence-corrected chi connectivity index (χ1v) is 8.76. The van der Waals surface area contributed by atoms with Gasteiger partial charge in [-0.15, -0.1) is 0 Å². The van der Waals surface area contributed by atoms with Crippen LogP contribution in [0.5, 0.6) is 5.75 Å². The summed E-state index contributed by atoms with van der Waals surface area (Å²) in [7, 11) is 0. The number of nitrogens with zero attached hydrogens (tertiary/aromatic N) is 2. The molecule has 0 N–H and O–H groups in total. The number of ketones is 1. The first-order chi connectivity index (χ1) is 11.6. The van der Waals surface area contributed by atoms with Gasteiger partial charge in [0.2, 0.25) is 0 Å². The molecule has 0 spiro atoms. The summed E-state index contributed by atoms with van der Waals surface area (Å²) in [6.45, 7) is 3.61. The van der Waals surface area contributed by atoms with Crippen LogP contribution in [0.25, 0.3) is 0 Å². The number of nitro benzene ring substituents is 1.